The summed E-state index contributed by atoms with van der Waals surface area (Å²) in [7, 11) is 1.53. The summed E-state index contributed by atoms with van der Waals surface area (Å²) < 4.78 is 10.6. The van der Waals surface area contributed by atoms with Crippen LogP contribution < -0.4 is 5.73 Å². The van der Waals surface area contributed by atoms with Crippen molar-refractivity contribution in [3.8, 4) is 0 Å². The molecule has 1 amide bonds. The van der Waals surface area contributed by atoms with Crippen molar-refractivity contribution in [3.63, 3.8) is 0 Å². The van der Waals surface area contributed by atoms with E-state index >= 15 is 0 Å². The third kappa shape index (κ3) is 4.12. The number of nitrogens with two attached hydrogens (primary N) is 1. The van der Waals surface area contributed by atoms with Gasteiger partial charge in [-0.25, -0.2) is 4.98 Å². The summed E-state index contributed by atoms with van der Waals surface area (Å²) in [5.41, 5.74) is 7.96. The van der Waals surface area contributed by atoms with E-state index in [1.54, 1.807) is 18.0 Å². The zero-order chi connectivity index (χ0) is 19.6. The summed E-state index contributed by atoms with van der Waals surface area (Å²) >= 11 is 0. The number of likely N-dealkylation sites (tertiary alicyclic amines) is 1. The van der Waals surface area contributed by atoms with Gasteiger partial charge >= 0.3 is 5.97 Å². The van der Waals surface area contributed by atoms with Crippen LogP contribution in [0.15, 0.2) is 24.5 Å². The Bertz CT molecular complexity index is 821. The Morgan fingerprint density at radius 1 is 1.48 bits per heavy atom. The third-order valence-corrected chi connectivity index (χ3v) is 5.15. The molecule has 1 aliphatic rings. The zero-order valence-electron chi connectivity index (χ0n) is 15.8. The molecule has 2 aromatic rings. The Balaban J connectivity index is 1.82. The molecule has 0 unspecified atom stereocenters. The van der Waals surface area contributed by atoms with Gasteiger partial charge in [-0.1, -0.05) is 0 Å². The summed E-state index contributed by atoms with van der Waals surface area (Å²) in [6.45, 7) is 3.49. The number of rotatable bonds is 6. The molecule has 3 N–H and O–H groups in total. The maximum Gasteiger partial charge on any atom is 0.302 e. The van der Waals surface area contributed by atoms with Gasteiger partial charge in [0.25, 0.3) is 0 Å². The molecule has 0 spiro atoms. The SMILES string of the molecule is CO[C@H](C)[C@H](N)C(=O)N1C[C@@H](OC(C)=O)C[C@H]1Cc1c[nH]c2ncccc12. The summed E-state index contributed by atoms with van der Waals surface area (Å²) in [5, 5.41) is 1.02. The van der Waals surface area contributed by atoms with Crippen molar-refractivity contribution < 1.29 is 19.1 Å². The van der Waals surface area contributed by atoms with Crippen LogP contribution in [0.25, 0.3) is 11.0 Å². The molecule has 1 fully saturated rings. The average molecular weight is 374 g/mol. The molecule has 1 aliphatic heterocycles. The van der Waals surface area contributed by atoms with E-state index in [0.29, 0.717) is 19.4 Å². The first-order valence-corrected chi connectivity index (χ1v) is 9.07. The molecule has 0 aliphatic carbocycles. The predicted octanol–water partition coefficient (Wildman–Crippen LogP) is 1.00. The van der Waals surface area contributed by atoms with Crippen LogP contribution in [-0.4, -0.2) is 64.7 Å². The lowest BCUT2D eigenvalue weighted by Crippen LogP contribution is -2.51. The fourth-order valence-electron chi connectivity index (χ4n) is 3.63. The molecule has 146 valence electrons. The number of nitrogens with zero attached hydrogens (tertiary/aromatic N) is 2. The summed E-state index contributed by atoms with van der Waals surface area (Å²) in [5.74, 6) is -0.541. The molecule has 4 atom stereocenters. The molecule has 3 rings (SSSR count). The van der Waals surface area contributed by atoms with E-state index in [4.69, 9.17) is 15.2 Å². The predicted molar refractivity (Wildman–Crippen MR) is 99.9 cm³/mol. The molecule has 1 saturated heterocycles. The Hall–Kier alpha value is -2.45. The van der Waals surface area contributed by atoms with Gasteiger partial charge < -0.3 is 25.1 Å². The van der Waals surface area contributed by atoms with E-state index in [1.165, 1.54) is 14.0 Å². The van der Waals surface area contributed by atoms with Gasteiger partial charge in [-0.2, -0.15) is 0 Å². The number of amides is 1. The maximum atomic E-state index is 12.9. The van der Waals surface area contributed by atoms with E-state index in [2.05, 4.69) is 9.97 Å². The van der Waals surface area contributed by atoms with Crippen LogP contribution in [0, 0.1) is 0 Å². The van der Waals surface area contributed by atoms with E-state index in [1.807, 2.05) is 18.3 Å². The summed E-state index contributed by atoms with van der Waals surface area (Å²) in [6.07, 6.45) is 4.12. The van der Waals surface area contributed by atoms with Crippen molar-refractivity contribution in [2.75, 3.05) is 13.7 Å². The second-order valence-corrected chi connectivity index (χ2v) is 7.00. The monoisotopic (exact) mass is 374 g/mol. The van der Waals surface area contributed by atoms with Crippen molar-refractivity contribution in [1.82, 2.24) is 14.9 Å². The smallest absolute Gasteiger partial charge is 0.302 e. The summed E-state index contributed by atoms with van der Waals surface area (Å²) in [4.78, 5) is 33.5. The van der Waals surface area contributed by atoms with Crippen LogP contribution in [0.5, 0.6) is 0 Å². The van der Waals surface area contributed by atoms with Gasteiger partial charge in [0, 0.05) is 44.3 Å². The lowest BCUT2D eigenvalue weighted by Gasteiger charge is -2.29. The number of pyridine rings is 1. The molecule has 8 nitrogen and oxygen atoms in total. The minimum Gasteiger partial charge on any atom is -0.461 e. The number of H-pyrrole nitrogens is 1. The highest BCUT2D eigenvalue weighted by Crippen LogP contribution is 2.27. The molecule has 2 aromatic heterocycles. The lowest BCUT2D eigenvalue weighted by atomic mass is 10.0. The van der Waals surface area contributed by atoms with Gasteiger partial charge in [0.1, 0.15) is 17.8 Å². The number of carbonyl (C=O) groups excluding carboxylic acids is 2. The molecule has 0 saturated carbocycles. The highest BCUT2D eigenvalue weighted by atomic mass is 16.5. The number of hydrogen-bond acceptors (Lipinski definition) is 6. The Morgan fingerprint density at radius 2 is 2.26 bits per heavy atom. The molecule has 3 heterocycles. The second kappa shape index (κ2) is 8.06. The van der Waals surface area contributed by atoms with Crippen molar-refractivity contribution in [2.24, 2.45) is 5.73 Å². The standard InChI is InChI=1S/C19H26N4O4/c1-11(26-3)17(20)19(25)23-10-15(27-12(2)24)8-14(23)7-13-9-22-18-16(13)5-4-6-21-18/h4-6,9,11,14-15,17H,7-8,10,20H2,1-3H3,(H,21,22)/t11-,14-,15+,17+/m1/s1. The van der Waals surface area contributed by atoms with Crippen molar-refractivity contribution in [1.29, 1.82) is 0 Å². The van der Waals surface area contributed by atoms with Crippen LogP contribution in [-0.2, 0) is 25.5 Å². The summed E-state index contributed by atoms with van der Waals surface area (Å²) in [6, 6.07) is 3.00. The average Bonchev–Trinajstić information content (AvgIpc) is 3.24. The fourth-order valence-corrected chi connectivity index (χ4v) is 3.63. The Morgan fingerprint density at radius 3 is 2.96 bits per heavy atom. The largest absolute Gasteiger partial charge is 0.461 e. The number of aromatic amines is 1. The van der Waals surface area contributed by atoms with Gasteiger partial charge in [-0.15, -0.1) is 0 Å². The quantitative estimate of drug-likeness (QED) is 0.730. The number of esters is 1. The topological polar surface area (TPSA) is 111 Å². The van der Waals surface area contributed by atoms with Gasteiger partial charge in [-0.3, -0.25) is 9.59 Å². The minimum absolute atomic E-state index is 0.115. The molecule has 0 bridgehead atoms. The third-order valence-electron chi connectivity index (χ3n) is 5.15. The van der Waals surface area contributed by atoms with Crippen LogP contribution in [0.4, 0.5) is 0 Å². The van der Waals surface area contributed by atoms with Crippen LogP contribution in [0.3, 0.4) is 0 Å². The number of aromatic nitrogens is 2. The first-order chi connectivity index (χ1) is 12.9. The van der Waals surface area contributed by atoms with Crippen molar-refractivity contribution >= 4 is 22.9 Å². The maximum absolute atomic E-state index is 12.9. The molecule has 8 heteroatoms. The molecule has 27 heavy (non-hydrogen) atoms. The van der Waals surface area contributed by atoms with E-state index in [0.717, 1.165) is 16.6 Å². The van der Waals surface area contributed by atoms with Gasteiger partial charge in [-0.05, 0) is 31.0 Å². The second-order valence-electron chi connectivity index (χ2n) is 7.00. The van der Waals surface area contributed by atoms with Crippen molar-refractivity contribution in [2.45, 2.75) is 51.0 Å². The van der Waals surface area contributed by atoms with Gasteiger partial charge in [0.15, 0.2) is 0 Å². The number of fused-ring (bicyclic) bond motifs is 1. The van der Waals surface area contributed by atoms with Crippen LogP contribution >= 0.6 is 0 Å². The van der Waals surface area contributed by atoms with Gasteiger partial charge in [0.05, 0.1) is 12.6 Å². The zero-order valence-corrected chi connectivity index (χ0v) is 15.8. The van der Waals surface area contributed by atoms with Crippen LogP contribution in [0.1, 0.15) is 25.8 Å². The number of carbonyl (C=O) groups is 2. The van der Waals surface area contributed by atoms with Crippen LogP contribution in [0.2, 0.25) is 0 Å². The highest BCUT2D eigenvalue weighted by Gasteiger charge is 2.40. The normalized spacial score (nSPS) is 22.0. The Kier molecular flexibility index (Phi) is 5.76. The highest BCUT2D eigenvalue weighted by molar-refractivity contribution is 5.83. The van der Waals surface area contributed by atoms with E-state index < -0.39 is 12.1 Å². The minimum atomic E-state index is -0.766. The Labute approximate surface area is 158 Å². The number of nitrogens with one attached hydrogen (secondary N) is 1. The lowest BCUT2D eigenvalue weighted by molar-refractivity contribution is -0.147. The molecular weight excluding hydrogens is 348 g/mol. The van der Waals surface area contributed by atoms with E-state index in [-0.39, 0.29) is 24.0 Å². The molecule has 0 radical (unpaired) electrons. The number of ether oxygens (including phenoxy) is 2. The molecular formula is C19H26N4O4. The molecule has 0 aromatic carbocycles. The van der Waals surface area contributed by atoms with E-state index in [9.17, 15) is 9.59 Å². The van der Waals surface area contributed by atoms with Crippen molar-refractivity contribution in [3.05, 3.63) is 30.1 Å². The first-order valence-electron chi connectivity index (χ1n) is 9.07. The number of methoxy groups -OCH3 is 1. The first kappa shape index (κ1) is 19.3. The fraction of sp³-hybridized carbons (Fsp3) is 0.526. The number of hydrogen-bond donors (Lipinski definition) is 2. The van der Waals surface area contributed by atoms with Gasteiger partial charge in [0.2, 0.25) is 5.91 Å².